The third-order valence-electron chi connectivity index (χ3n) is 4.79. The van der Waals surface area contributed by atoms with E-state index >= 15 is 0 Å². The zero-order valence-corrected chi connectivity index (χ0v) is 15.2. The van der Waals surface area contributed by atoms with E-state index in [-0.39, 0.29) is 5.41 Å². The van der Waals surface area contributed by atoms with Crippen molar-refractivity contribution in [2.45, 2.75) is 73.6 Å². The lowest BCUT2D eigenvalue weighted by Gasteiger charge is -2.26. The number of hydrogen-bond donors (Lipinski definition) is 0. The molecule has 0 radical (unpaired) electrons. The van der Waals surface area contributed by atoms with Crippen molar-refractivity contribution in [2.75, 3.05) is 0 Å². The zero-order chi connectivity index (χ0) is 16.1. The second-order valence-corrected chi connectivity index (χ2v) is 7.93. The average molecular weight is 282 g/mol. The third-order valence-corrected chi connectivity index (χ3v) is 4.79. The van der Waals surface area contributed by atoms with Gasteiger partial charge in [-0.05, 0) is 83.2 Å². The molecule has 0 aliphatic heterocycles. The van der Waals surface area contributed by atoms with E-state index in [1.54, 1.807) is 0 Å². The first-order valence-electron chi connectivity index (χ1n) is 8.10. The van der Waals surface area contributed by atoms with Gasteiger partial charge in [-0.25, -0.2) is 0 Å². The predicted molar refractivity (Wildman–Crippen MR) is 95.7 cm³/mol. The highest BCUT2D eigenvalue weighted by Crippen LogP contribution is 2.38. The first kappa shape index (κ1) is 16.1. The molecule has 0 amide bonds. The molecule has 0 fully saturated rings. The molecule has 0 heteroatoms. The minimum atomic E-state index is 0.195. The van der Waals surface area contributed by atoms with Gasteiger partial charge in [0.2, 0.25) is 0 Å². The Morgan fingerprint density at radius 1 is 0.762 bits per heavy atom. The Hall–Kier alpha value is -1.30. The van der Waals surface area contributed by atoms with Gasteiger partial charge in [-0.2, -0.15) is 0 Å². The molecule has 0 aliphatic rings. The van der Waals surface area contributed by atoms with Crippen LogP contribution in [0.25, 0.3) is 10.8 Å². The average Bonchev–Trinajstić information content (AvgIpc) is 2.34. The SMILES string of the molecule is Cc1cc(C(C)(C)C)c(C)c2c(C)cc(C(C)C)c(C)c12. The van der Waals surface area contributed by atoms with Crippen LogP contribution < -0.4 is 0 Å². The van der Waals surface area contributed by atoms with E-state index in [1.165, 1.54) is 44.2 Å². The Morgan fingerprint density at radius 2 is 1.24 bits per heavy atom. The van der Waals surface area contributed by atoms with Gasteiger partial charge in [-0.15, -0.1) is 0 Å². The Morgan fingerprint density at radius 3 is 1.71 bits per heavy atom. The topological polar surface area (TPSA) is 0 Å². The Labute approximate surface area is 130 Å². The highest BCUT2D eigenvalue weighted by Gasteiger charge is 2.21. The molecule has 0 saturated heterocycles. The lowest BCUT2D eigenvalue weighted by molar-refractivity contribution is 0.586. The number of fused-ring (bicyclic) bond motifs is 1. The van der Waals surface area contributed by atoms with E-state index in [9.17, 15) is 0 Å². The van der Waals surface area contributed by atoms with E-state index in [0.29, 0.717) is 5.92 Å². The molecule has 2 aromatic rings. The predicted octanol–water partition coefficient (Wildman–Crippen LogP) is 6.49. The largest absolute Gasteiger partial charge is 0.0587 e. The van der Waals surface area contributed by atoms with Crippen LogP contribution >= 0.6 is 0 Å². The molecule has 0 heterocycles. The molecular formula is C21H30. The van der Waals surface area contributed by atoms with Crippen LogP contribution in [0.1, 0.15) is 73.9 Å². The first-order valence-corrected chi connectivity index (χ1v) is 8.10. The van der Waals surface area contributed by atoms with Gasteiger partial charge in [0, 0.05) is 0 Å². The summed E-state index contributed by atoms with van der Waals surface area (Å²) in [6.07, 6.45) is 0. The minimum Gasteiger partial charge on any atom is -0.0587 e. The molecule has 0 aromatic heterocycles. The molecule has 0 nitrogen and oxygen atoms in total. The van der Waals surface area contributed by atoms with Crippen LogP contribution in [0.2, 0.25) is 0 Å². The maximum atomic E-state index is 2.41. The summed E-state index contributed by atoms with van der Waals surface area (Å²) < 4.78 is 0. The molecule has 0 unspecified atom stereocenters. The lowest BCUT2D eigenvalue weighted by atomic mass is 9.78. The normalized spacial score (nSPS) is 12.5. The molecule has 0 aliphatic carbocycles. The summed E-state index contributed by atoms with van der Waals surface area (Å²) in [6.45, 7) is 20.6. The van der Waals surface area contributed by atoms with Crippen LogP contribution in [0.3, 0.4) is 0 Å². The molecule has 0 N–H and O–H groups in total. The van der Waals surface area contributed by atoms with E-state index < -0.39 is 0 Å². The molecule has 114 valence electrons. The number of hydrogen-bond acceptors (Lipinski definition) is 0. The van der Waals surface area contributed by atoms with Gasteiger partial charge < -0.3 is 0 Å². The van der Waals surface area contributed by atoms with Crippen LogP contribution in [0, 0.1) is 27.7 Å². The summed E-state index contributed by atoms with van der Waals surface area (Å²) >= 11 is 0. The van der Waals surface area contributed by atoms with Crippen molar-refractivity contribution in [3.8, 4) is 0 Å². The van der Waals surface area contributed by atoms with Gasteiger partial charge >= 0.3 is 0 Å². The lowest BCUT2D eigenvalue weighted by Crippen LogP contribution is -2.14. The Balaban J connectivity index is 2.99. The highest BCUT2D eigenvalue weighted by molar-refractivity contribution is 5.95. The Kier molecular flexibility index (Phi) is 3.95. The fourth-order valence-corrected chi connectivity index (χ4v) is 3.83. The summed E-state index contributed by atoms with van der Waals surface area (Å²) in [5.41, 5.74) is 8.93. The van der Waals surface area contributed by atoms with E-state index in [0.717, 1.165) is 0 Å². The summed E-state index contributed by atoms with van der Waals surface area (Å²) in [6, 6.07) is 4.81. The fraction of sp³-hybridized carbons (Fsp3) is 0.524. The second-order valence-electron chi connectivity index (χ2n) is 7.93. The van der Waals surface area contributed by atoms with Crippen LogP contribution in [0.5, 0.6) is 0 Å². The standard InChI is InChI=1S/C21H30/c1-12(2)17-10-13(3)20-16(6)18(21(7,8)9)11-14(4)19(20)15(17)5/h10-12H,1-9H3. The van der Waals surface area contributed by atoms with Crippen molar-refractivity contribution in [1.82, 2.24) is 0 Å². The van der Waals surface area contributed by atoms with Crippen molar-refractivity contribution >= 4 is 10.8 Å². The van der Waals surface area contributed by atoms with Gasteiger partial charge in [0.05, 0.1) is 0 Å². The molecule has 0 bridgehead atoms. The van der Waals surface area contributed by atoms with Crippen molar-refractivity contribution in [3.05, 3.63) is 45.5 Å². The summed E-state index contributed by atoms with van der Waals surface area (Å²) in [4.78, 5) is 0. The van der Waals surface area contributed by atoms with Crippen LogP contribution in [0.15, 0.2) is 12.1 Å². The summed E-state index contributed by atoms with van der Waals surface area (Å²) in [7, 11) is 0. The van der Waals surface area contributed by atoms with Crippen LogP contribution in [-0.4, -0.2) is 0 Å². The molecule has 2 rings (SSSR count). The minimum absolute atomic E-state index is 0.195. The van der Waals surface area contributed by atoms with Gasteiger partial charge in [-0.3, -0.25) is 0 Å². The van der Waals surface area contributed by atoms with Crippen molar-refractivity contribution < 1.29 is 0 Å². The maximum absolute atomic E-state index is 2.41. The highest BCUT2D eigenvalue weighted by atomic mass is 14.3. The second kappa shape index (κ2) is 5.16. The smallest absolute Gasteiger partial charge is 0.0117 e. The molecule has 0 atom stereocenters. The third kappa shape index (κ3) is 2.61. The number of rotatable bonds is 1. The van der Waals surface area contributed by atoms with Gasteiger partial charge in [0.1, 0.15) is 0 Å². The fourth-order valence-electron chi connectivity index (χ4n) is 3.83. The van der Waals surface area contributed by atoms with E-state index in [2.05, 4.69) is 74.4 Å². The van der Waals surface area contributed by atoms with E-state index in [1.807, 2.05) is 0 Å². The molecule has 2 aromatic carbocycles. The van der Waals surface area contributed by atoms with Crippen LogP contribution in [0.4, 0.5) is 0 Å². The summed E-state index contributed by atoms with van der Waals surface area (Å²) in [5.74, 6) is 0.579. The van der Waals surface area contributed by atoms with Crippen molar-refractivity contribution in [2.24, 2.45) is 0 Å². The van der Waals surface area contributed by atoms with Crippen LogP contribution in [-0.2, 0) is 5.41 Å². The van der Waals surface area contributed by atoms with Gasteiger partial charge in [-0.1, -0.05) is 46.8 Å². The maximum Gasteiger partial charge on any atom is -0.0117 e. The van der Waals surface area contributed by atoms with Crippen molar-refractivity contribution in [3.63, 3.8) is 0 Å². The monoisotopic (exact) mass is 282 g/mol. The Bertz CT molecular complexity index is 695. The molecule has 21 heavy (non-hydrogen) atoms. The van der Waals surface area contributed by atoms with Gasteiger partial charge in [0.15, 0.2) is 0 Å². The molecule has 0 spiro atoms. The zero-order valence-electron chi connectivity index (χ0n) is 15.2. The molecular weight excluding hydrogens is 252 g/mol. The first-order chi connectivity index (χ1) is 9.55. The molecule has 0 saturated carbocycles. The number of benzene rings is 2. The van der Waals surface area contributed by atoms with Crippen molar-refractivity contribution in [1.29, 1.82) is 0 Å². The van der Waals surface area contributed by atoms with Gasteiger partial charge in [0.25, 0.3) is 0 Å². The quantitative estimate of drug-likeness (QED) is 0.560. The summed E-state index contributed by atoms with van der Waals surface area (Å²) in [5, 5.41) is 2.95. The number of aryl methyl sites for hydroxylation is 4. The van der Waals surface area contributed by atoms with E-state index in [4.69, 9.17) is 0 Å².